The number of nitro groups is 1. The molecule has 0 unspecified atom stereocenters. The predicted molar refractivity (Wildman–Crippen MR) is 70.6 cm³/mol. The zero-order valence-electron chi connectivity index (χ0n) is 10.5. The molecule has 0 spiro atoms. The lowest BCUT2D eigenvalue weighted by atomic mass is 10.0. The molecule has 1 aliphatic carbocycles. The van der Waals surface area contributed by atoms with Gasteiger partial charge >= 0.3 is 5.82 Å². The second-order valence-electron chi connectivity index (χ2n) is 4.88. The van der Waals surface area contributed by atoms with Crippen molar-refractivity contribution in [1.82, 2.24) is 4.98 Å². The van der Waals surface area contributed by atoms with Crippen LogP contribution < -0.4 is 5.32 Å². The van der Waals surface area contributed by atoms with Crippen LogP contribution in [0.15, 0.2) is 18.3 Å². The molecule has 0 amide bonds. The lowest BCUT2D eigenvalue weighted by Crippen LogP contribution is -2.04. The van der Waals surface area contributed by atoms with Gasteiger partial charge in [-0.3, -0.25) is 0 Å². The Labute approximate surface area is 107 Å². The van der Waals surface area contributed by atoms with E-state index in [2.05, 4.69) is 10.3 Å². The molecular weight excluding hydrogens is 230 g/mol. The van der Waals surface area contributed by atoms with E-state index in [0.717, 1.165) is 24.6 Å². The molecule has 0 saturated heterocycles. The number of hydrogen-bond donors (Lipinski definition) is 1. The molecule has 0 atom stereocenters. The van der Waals surface area contributed by atoms with Crippen LogP contribution in [-0.4, -0.2) is 16.5 Å². The number of hydrogen-bond acceptors (Lipinski definition) is 4. The largest absolute Gasteiger partial charge is 0.382 e. The summed E-state index contributed by atoms with van der Waals surface area (Å²) in [7, 11) is 0. The van der Waals surface area contributed by atoms with Gasteiger partial charge in [-0.2, -0.15) is 0 Å². The van der Waals surface area contributed by atoms with E-state index in [1.165, 1.54) is 44.4 Å². The highest BCUT2D eigenvalue weighted by Crippen LogP contribution is 2.28. The van der Waals surface area contributed by atoms with Gasteiger partial charge in [-0.05, 0) is 34.7 Å². The van der Waals surface area contributed by atoms with Crippen molar-refractivity contribution in [3.63, 3.8) is 0 Å². The number of nitrogens with one attached hydrogen (secondary N) is 1. The first-order valence-corrected chi connectivity index (χ1v) is 6.60. The first kappa shape index (κ1) is 12.8. The van der Waals surface area contributed by atoms with Crippen LogP contribution >= 0.6 is 0 Å². The minimum absolute atomic E-state index is 0.105. The maximum absolute atomic E-state index is 10.4. The van der Waals surface area contributed by atoms with E-state index in [4.69, 9.17) is 0 Å². The molecule has 1 saturated carbocycles. The molecular formula is C13H19N3O2. The molecule has 98 valence electrons. The van der Waals surface area contributed by atoms with Crippen LogP contribution in [0.1, 0.15) is 38.5 Å². The van der Waals surface area contributed by atoms with E-state index in [9.17, 15) is 10.1 Å². The van der Waals surface area contributed by atoms with Gasteiger partial charge in [0.05, 0.1) is 5.69 Å². The molecule has 1 aliphatic rings. The van der Waals surface area contributed by atoms with Gasteiger partial charge in [-0.15, -0.1) is 0 Å². The molecule has 0 bridgehead atoms. The van der Waals surface area contributed by atoms with Gasteiger partial charge < -0.3 is 15.4 Å². The first-order chi connectivity index (χ1) is 8.75. The number of aromatic nitrogens is 1. The van der Waals surface area contributed by atoms with Crippen molar-refractivity contribution >= 4 is 11.5 Å². The second kappa shape index (κ2) is 6.33. The lowest BCUT2D eigenvalue weighted by Gasteiger charge is -2.09. The van der Waals surface area contributed by atoms with Crippen LogP contribution in [0.4, 0.5) is 11.5 Å². The molecule has 1 aromatic heterocycles. The summed E-state index contributed by atoms with van der Waals surface area (Å²) in [6, 6.07) is 3.14. The Kier molecular flexibility index (Phi) is 4.50. The van der Waals surface area contributed by atoms with Crippen molar-refractivity contribution in [3.8, 4) is 0 Å². The minimum Gasteiger partial charge on any atom is -0.382 e. The summed E-state index contributed by atoms with van der Waals surface area (Å²) in [4.78, 5) is 13.7. The number of nitrogens with zero attached hydrogens (tertiary/aromatic N) is 2. The highest BCUT2D eigenvalue weighted by molar-refractivity contribution is 5.43. The van der Waals surface area contributed by atoms with Crippen molar-refractivity contribution in [3.05, 3.63) is 28.4 Å². The van der Waals surface area contributed by atoms with Crippen LogP contribution in [0.5, 0.6) is 0 Å². The van der Waals surface area contributed by atoms with E-state index in [1.807, 2.05) is 0 Å². The molecule has 1 fully saturated rings. The van der Waals surface area contributed by atoms with Crippen molar-refractivity contribution in [1.29, 1.82) is 0 Å². The number of pyridine rings is 1. The predicted octanol–water partition coefficient (Wildman–Crippen LogP) is 3.37. The van der Waals surface area contributed by atoms with Crippen molar-refractivity contribution in [2.45, 2.75) is 38.5 Å². The normalized spacial score (nSPS) is 15.8. The smallest absolute Gasteiger partial charge is 0.363 e. The molecule has 5 nitrogen and oxygen atoms in total. The van der Waals surface area contributed by atoms with E-state index in [-0.39, 0.29) is 5.82 Å². The van der Waals surface area contributed by atoms with Gasteiger partial charge in [0.25, 0.3) is 0 Å². The monoisotopic (exact) mass is 249 g/mol. The van der Waals surface area contributed by atoms with Crippen LogP contribution in [0, 0.1) is 16.0 Å². The Morgan fingerprint density at radius 1 is 1.39 bits per heavy atom. The maximum atomic E-state index is 10.4. The van der Waals surface area contributed by atoms with Crippen molar-refractivity contribution in [2.75, 3.05) is 11.9 Å². The summed E-state index contributed by atoms with van der Waals surface area (Å²) in [6.07, 6.45) is 9.52. The zero-order valence-corrected chi connectivity index (χ0v) is 10.5. The second-order valence-corrected chi connectivity index (χ2v) is 4.88. The summed E-state index contributed by atoms with van der Waals surface area (Å²) in [5.41, 5.74) is 0.854. The van der Waals surface area contributed by atoms with Gasteiger partial charge in [0.1, 0.15) is 0 Å². The Hall–Kier alpha value is -1.65. The van der Waals surface area contributed by atoms with Gasteiger partial charge in [0.15, 0.2) is 6.20 Å². The molecule has 1 heterocycles. The standard InChI is InChI=1S/C13H19N3O2/c17-16(18)13-8-7-12(10-15-13)14-9-3-6-11-4-1-2-5-11/h7-8,10-11,14H,1-6,9H2. The lowest BCUT2D eigenvalue weighted by molar-refractivity contribution is -0.389. The average Bonchev–Trinajstić information content (AvgIpc) is 2.88. The molecule has 1 N–H and O–H groups in total. The minimum atomic E-state index is -0.482. The van der Waals surface area contributed by atoms with Crippen LogP contribution in [0.25, 0.3) is 0 Å². The van der Waals surface area contributed by atoms with Crippen LogP contribution in [0.2, 0.25) is 0 Å². The zero-order chi connectivity index (χ0) is 12.8. The number of rotatable bonds is 6. The molecule has 0 aliphatic heterocycles. The SMILES string of the molecule is O=[N+]([O-])c1ccc(NCCCC2CCCC2)cn1. The Morgan fingerprint density at radius 3 is 2.78 bits per heavy atom. The molecule has 0 radical (unpaired) electrons. The Bertz CT molecular complexity index is 386. The quantitative estimate of drug-likeness (QED) is 0.477. The highest BCUT2D eigenvalue weighted by Gasteiger charge is 2.14. The summed E-state index contributed by atoms with van der Waals surface area (Å²) in [6.45, 7) is 0.913. The van der Waals surface area contributed by atoms with E-state index < -0.39 is 4.92 Å². The molecule has 18 heavy (non-hydrogen) atoms. The van der Waals surface area contributed by atoms with Crippen LogP contribution in [0.3, 0.4) is 0 Å². The third-order valence-electron chi connectivity index (χ3n) is 3.53. The van der Waals surface area contributed by atoms with Crippen molar-refractivity contribution in [2.24, 2.45) is 5.92 Å². The van der Waals surface area contributed by atoms with Gasteiger partial charge in [-0.25, -0.2) is 0 Å². The van der Waals surface area contributed by atoms with E-state index >= 15 is 0 Å². The summed E-state index contributed by atoms with van der Waals surface area (Å²) < 4.78 is 0. The fourth-order valence-electron chi connectivity index (χ4n) is 2.52. The molecule has 0 aromatic carbocycles. The van der Waals surface area contributed by atoms with E-state index in [0.29, 0.717) is 0 Å². The Morgan fingerprint density at radius 2 is 2.17 bits per heavy atom. The van der Waals surface area contributed by atoms with Gasteiger partial charge in [-0.1, -0.05) is 25.7 Å². The average molecular weight is 249 g/mol. The fourth-order valence-corrected chi connectivity index (χ4v) is 2.52. The van der Waals surface area contributed by atoms with Gasteiger partial charge in [0, 0.05) is 12.6 Å². The molecule has 5 heteroatoms. The summed E-state index contributed by atoms with van der Waals surface area (Å²) in [5.74, 6) is 0.813. The number of anilines is 1. The summed E-state index contributed by atoms with van der Waals surface area (Å²) in [5, 5.41) is 13.7. The maximum Gasteiger partial charge on any atom is 0.363 e. The van der Waals surface area contributed by atoms with Gasteiger partial charge in [0.2, 0.25) is 0 Å². The third-order valence-corrected chi connectivity index (χ3v) is 3.53. The van der Waals surface area contributed by atoms with Crippen LogP contribution in [-0.2, 0) is 0 Å². The summed E-state index contributed by atoms with van der Waals surface area (Å²) >= 11 is 0. The topological polar surface area (TPSA) is 68.1 Å². The first-order valence-electron chi connectivity index (χ1n) is 6.60. The van der Waals surface area contributed by atoms with Crippen molar-refractivity contribution < 1.29 is 4.92 Å². The molecule has 1 aromatic rings. The third kappa shape index (κ3) is 3.68. The molecule has 2 rings (SSSR count). The van der Waals surface area contributed by atoms with E-state index in [1.54, 1.807) is 6.07 Å². The Balaban J connectivity index is 1.68. The fraction of sp³-hybridized carbons (Fsp3) is 0.615. The highest BCUT2D eigenvalue weighted by atomic mass is 16.6.